The van der Waals surface area contributed by atoms with Crippen LogP contribution in [0.25, 0.3) is 0 Å². The lowest BCUT2D eigenvalue weighted by Gasteiger charge is -2.14. The summed E-state index contributed by atoms with van der Waals surface area (Å²) in [5, 5.41) is 0. The summed E-state index contributed by atoms with van der Waals surface area (Å²) in [6.07, 6.45) is 0.831. The molecule has 0 atom stereocenters. The number of hydroxylamine groups is 1. The van der Waals surface area contributed by atoms with Crippen LogP contribution in [0.5, 0.6) is 0 Å². The summed E-state index contributed by atoms with van der Waals surface area (Å²) >= 11 is 0. The summed E-state index contributed by atoms with van der Waals surface area (Å²) in [4.78, 5) is 29.9. The molecule has 1 heterocycles. The van der Waals surface area contributed by atoms with E-state index >= 15 is 0 Å². The minimum atomic E-state index is -3.92. The zero-order chi connectivity index (χ0) is 24.9. The van der Waals surface area contributed by atoms with Gasteiger partial charge in [0.2, 0.25) is 5.78 Å². The van der Waals surface area contributed by atoms with Gasteiger partial charge in [-0.15, -0.1) is 0 Å². The van der Waals surface area contributed by atoms with Gasteiger partial charge < -0.3 is 9.30 Å². The first kappa shape index (κ1) is 25.4. The van der Waals surface area contributed by atoms with Gasteiger partial charge in [0.05, 0.1) is 17.6 Å². The lowest BCUT2D eigenvalue weighted by molar-refractivity contribution is -0.0258. The van der Waals surface area contributed by atoms with E-state index in [2.05, 4.69) is 16.7 Å². The van der Waals surface area contributed by atoms with Crippen molar-refractivity contribution in [2.45, 2.75) is 31.7 Å². The quantitative estimate of drug-likeness (QED) is 0.248. The molecule has 0 fully saturated rings. The third kappa shape index (κ3) is 5.61. The topological polar surface area (TPSA) is 94.9 Å². The highest BCUT2D eigenvalue weighted by Gasteiger charge is 2.23. The molecule has 0 spiro atoms. The third-order valence-electron chi connectivity index (χ3n) is 5.64. The first-order chi connectivity index (χ1) is 16.1. The number of hydrogen-bond donors (Lipinski definition) is 0. The highest BCUT2D eigenvalue weighted by atomic mass is 32.2. The van der Waals surface area contributed by atoms with Crippen molar-refractivity contribution in [2.24, 2.45) is 0 Å². The SMILES string of the molecule is CON(C)S(=O)(=O)c1cccc(C(=O)OCC(=O)c2cc(C)n(CCc3ccccc3)c2C)c1. The molecule has 3 aromatic rings. The molecule has 0 aliphatic carbocycles. The van der Waals surface area contributed by atoms with Gasteiger partial charge in [-0.1, -0.05) is 40.9 Å². The van der Waals surface area contributed by atoms with Gasteiger partial charge in [-0.3, -0.25) is 9.63 Å². The maximum Gasteiger partial charge on any atom is 0.338 e. The van der Waals surface area contributed by atoms with E-state index in [1.54, 1.807) is 6.07 Å². The zero-order valence-electron chi connectivity index (χ0n) is 19.6. The first-order valence-electron chi connectivity index (χ1n) is 10.7. The van der Waals surface area contributed by atoms with E-state index in [4.69, 9.17) is 9.57 Å². The Morgan fingerprint density at radius 2 is 1.71 bits per heavy atom. The Kier molecular flexibility index (Phi) is 8.03. The van der Waals surface area contributed by atoms with Crippen LogP contribution in [0, 0.1) is 13.8 Å². The summed E-state index contributed by atoms with van der Waals surface area (Å²) < 4.78 is 32.7. The molecule has 0 N–H and O–H groups in total. The van der Waals surface area contributed by atoms with Crippen LogP contribution in [0.4, 0.5) is 0 Å². The Hall–Kier alpha value is -3.27. The molecular formula is C25H28N2O6S. The number of aromatic nitrogens is 1. The minimum Gasteiger partial charge on any atom is -0.454 e. The molecule has 0 saturated carbocycles. The van der Waals surface area contributed by atoms with E-state index in [-0.39, 0.29) is 16.2 Å². The molecule has 180 valence electrons. The number of aryl methyl sites for hydroxylation is 2. The Morgan fingerprint density at radius 1 is 1.00 bits per heavy atom. The number of carbonyl (C=O) groups is 2. The minimum absolute atomic E-state index is 0.0201. The summed E-state index contributed by atoms with van der Waals surface area (Å²) in [6, 6.07) is 17.3. The monoisotopic (exact) mass is 484 g/mol. The molecule has 0 unspecified atom stereocenters. The summed E-state index contributed by atoms with van der Waals surface area (Å²) in [5.74, 6) is -1.11. The average Bonchev–Trinajstić information content (AvgIpc) is 3.14. The normalized spacial score (nSPS) is 11.6. The van der Waals surface area contributed by atoms with Crippen molar-refractivity contribution in [3.05, 3.63) is 88.7 Å². The zero-order valence-corrected chi connectivity index (χ0v) is 20.5. The van der Waals surface area contributed by atoms with Crippen LogP contribution >= 0.6 is 0 Å². The van der Waals surface area contributed by atoms with Crippen molar-refractivity contribution >= 4 is 21.8 Å². The third-order valence-corrected chi connectivity index (χ3v) is 7.31. The van der Waals surface area contributed by atoms with Crippen molar-refractivity contribution < 1.29 is 27.6 Å². The average molecular weight is 485 g/mol. The van der Waals surface area contributed by atoms with Crippen LogP contribution < -0.4 is 0 Å². The number of ether oxygens (including phenoxy) is 1. The Morgan fingerprint density at radius 3 is 2.38 bits per heavy atom. The molecule has 0 aliphatic heterocycles. The predicted octanol–water partition coefficient (Wildman–Crippen LogP) is 3.57. The lowest BCUT2D eigenvalue weighted by atomic mass is 10.1. The molecule has 34 heavy (non-hydrogen) atoms. The molecule has 9 heteroatoms. The van der Waals surface area contributed by atoms with Crippen LogP contribution in [0.2, 0.25) is 0 Å². The van der Waals surface area contributed by atoms with Gasteiger partial charge in [0.25, 0.3) is 10.0 Å². The molecule has 0 aliphatic rings. The summed E-state index contributed by atoms with van der Waals surface area (Å²) in [6.45, 7) is 4.08. The molecule has 0 saturated heterocycles. The predicted molar refractivity (Wildman–Crippen MR) is 127 cm³/mol. The molecular weight excluding hydrogens is 456 g/mol. The molecule has 1 aromatic heterocycles. The highest BCUT2D eigenvalue weighted by molar-refractivity contribution is 7.89. The smallest absolute Gasteiger partial charge is 0.338 e. The van der Waals surface area contributed by atoms with E-state index in [0.29, 0.717) is 10.0 Å². The van der Waals surface area contributed by atoms with E-state index in [9.17, 15) is 18.0 Å². The fourth-order valence-electron chi connectivity index (χ4n) is 3.64. The van der Waals surface area contributed by atoms with Crippen molar-refractivity contribution in [3.8, 4) is 0 Å². The van der Waals surface area contributed by atoms with Crippen molar-refractivity contribution in [1.29, 1.82) is 0 Å². The number of nitrogens with zero attached hydrogens (tertiary/aromatic N) is 2. The second kappa shape index (κ2) is 10.8. The number of esters is 1. The van der Waals surface area contributed by atoms with Gasteiger partial charge in [0.15, 0.2) is 6.61 Å². The Labute approximate surface area is 199 Å². The Balaban J connectivity index is 1.67. The first-order valence-corrected chi connectivity index (χ1v) is 12.1. The van der Waals surface area contributed by atoms with Gasteiger partial charge in [-0.2, -0.15) is 0 Å². The molecule has 0 amide bonds. The summed E-state index contributed by atoms with van der Waals surface area (Å²) in [5.41, 5.74) is 3.48. The largest absolute Gasteiger partial charge is 0.454 e. The van der Waals surface area contributed by atoms with Gasteiger partial charge in [-0.25, -0.2) is 13.2 Å². The van der Waals surface area contributed by atoms with Gasteiger partial charge >= 0.3 is 5.97 Å². The number of Topliss-reactive ketones (excluding diaryl/α,β-unsaturated/α-hetero) is 1. The van der Waals surface area contributed by atoms with Crippen LogP contribution in [-0.4, -0.2) is 50.0 Å². The maximum absolute atomic E-state index is 12.8. The maximum atomic E-state index is 12.8. The van der Waals surface area contributed by atoms with E-state index in [0.717, 1.165) is 24.4 Å². The number of hydrogen-bond acceptors (Lipinski definition) is 6. The molecule has 2 aromatic carbocycles. The van der Waals surface area contributed by atoms with Crippen LogP contribution in [0.15, 0.2) is 65.6 Å². The fraction of sp³-hybridized carbons (Fsp3) is 0.280. The fourth-order valence-corrected chi connectivity index (χ4v) is 4.65. The number of rotatable bonds is 10. The van der Waals surface area contributed by atoms with E-state index in [1.807, 2.05) is 32.0 Å². The second-order valence-corrected chi connectivity index (χ2v) is 9.73. The Bertz CT molecular complexity index is 1280. The second-order valence-electron chi connectivity index (χ2n) is 7.80. The molecule has 8 nitrogen and oxygen atoms in total. The van der Waals surface area contributed by atoms with Gasteiger partial charge in [-0.05, 0) is 50.1 Å². The van der Waals surface area contributed by atoms with Crippen molar-refractivity contribution in [1.82, 2.24) is 9.04 Å². The highest BCUT2D eigenvalue weighted by Crippen LogP contribution is 2.19. The lowest BCUT2D eigenvalue weighted by Crippen LogP contribution is -2.26. The molecule has 0 bridgehead atoms. The van der Waals surface area contributed by atoms with E-state index in [1.165, 1.54) is 44.0 Å². The summed E-state index contributed by atoms with van der Waals surface area (Å²) in [7, 11) is -1.45. The van der Waals surface area contributed by atoms with Crippen LogP contribution in [-0.2, 0) is 32.6 Å². The van der Waals surface area contributed by atoms with Crippen molar-refractivity contribution in [3.63, 3.8) is 0 Å². The van der Waals surface area contributed by atoms with Crippen molar-refractivity contribution in [2.75, 3.05) is 20.8 Å². The van der Waals surface area contributed by atoms with Crippen LogP contribution in [0.1, 0.15) is 37.7 Å². The van der Waals surface area contributed by atoms with Crippen LogP contribution in [0.3, 0.4) is 0 Å². The number of carbonyl (C=O) groups excluding carboxylic acids is 2. The van der Waals surface area contributed by atoms with E-state index < -0.39 is 22.6 Å². The van der Waals surface area contributed by atoms with Gasteiger partial charge in [0, 0.05) is 30.5 Å². The molecule has 3 rings (SSSR count). The van der Waals surface area contributed by atoms with Gasteiger partial charge in [0.1, 0.15) is 0 Å². The number of benzene rings is 2. The standard InChI is InChI=1S/C25H28N2O6S/c1-18-15-23(19(2)27(18)14-13-20-9-6-5-7-10-20)24(28)17-33-25(29)21-11-8-12-22(16-21)34(30,31)26(3)32-4/h5-12,15-16H,13-14,17H2,1-4H3. The number of sulfonamides is 1. The number of ketones is 1. The molecule has 0 radical (unpaired) electrons.